The molecule has 0 atom stereocenters. The molecule has 0 aliphatic heterocycles. The van der Waals surface area contributed by atoms with Crippen molar-refractivity contribution in [2.24, 2.45) is 0 Å². The minimum atomic E-state index is -3.68. The lowest BCUT2D eigenvalue weighted by Crippen LogP contribution is -2.31. The standard InChI is InChI=1S/C20H26N4O5S2/c1-5-10-21-20-23-16(13-30-20)19(26)29-12-18(25)22-15-9-8-14(4)17(11-15)31(27,28)24(6-2)7-3/h5,8-9,11,13H,1,6-7,10,12H2,2-4H3,(H,21,23)(H,22,25). The summed E-state index contributed by atoms with van der Waals surface area (Å²) >= 11 is 1.23. The van der Waals surface area contributed by atoms with Crippen LogP contribution in [-0.4, -0.2) is 55.8 Å². The summed E-state index contributed by atoms with van der Waals surface area (Å²) in [6.45, 7) is 9.45. The zero-order valence-corrected chi connectivity index (χ0v) is 19.3. The SMILES string of the molecule is C=CCNc1nc(C(=O)OCC(=O)Nc2ccc(C)c(S(=O)(=O)N(CC)CC)c2)cs1. The van der Waals surface area contributed by atoms with Crippen molar-refractivity contribution < 1.29 is 22.7 Å². The highest BCUT2D eigenvalue weighted by Crippen LogP contribution is 2.23. The summed E-state index contributed by atoms with van der Waals surface area (Å²) in [5.41, 5.74) is 0.954. The molecule has 1 heterocycles. The van der Waals surface area contributed by atoms with E-state index in [-0.39, 0.29) is 10.6 Å². The van der Waals surface area contributed by atoms with Crippen molar-refractivity contribution in [1.82, 2.24) is 9.29 Å². The summed E-state index contributed by atoms with van der Waals surface area (Å²) in [7, 11) is -3.68. The molecule has 0 saturated heterocycles. The minimum absolute atomic E-state index is 0.0901. The maximum atomic E-state index is 12.8. The van der Waals surface area contributed by atoms with Gasteiger partial charge in [0.2, 0.25) is 10.0 Å². The van der Waals surface area contributed by atoms with Gasteiger partial charge in [0.1, 0.15) is 0 Å². The Hall–Kier alpha value is -2.76. The first-order valence-electron chi connectivity index (χ1n) is 9.61. The van der Waals surface area contributed by atoms with E-state index in [0.717, 1.165) is 0 Å². The number of aryl methyl sites for hydroxylation is 1. The Kier molecular flexibility index (Phi) is 8.72. The first-order chi connectivity index (χ1) is 14.7. The average Bonchev–Trinajstić information content (AvgIpc) is 3.21. The molecule has 1 aromatic carbocycles. The maximum Gasteiger partial charge on any atom is 0.358 e. The zero-order chi connectivity index (χ0) is 23.0. The number of benzene rings is 1. The quantitative estimate of drug-likeness (QED) is 0.386. The van der Waals surface area contributed by atoms with Crippen molar-refractivity contribution in [3.05, 3.63) is 47.5 Å². The third-order valence-electron chi connectivity index (χ3n) is 4.24. The number of ether oxygens (including phenoxy) is 1. The zero-order valence-electron chi connectivity index (χ0n) is 17.7. The number of aromatic nitrogens is 1. The predicted octanol–water partition coefficient (Wildman–Crippen LogP) is 2.88. The number of hydrogen-bond donors (Lipinski definition) is 2. The van der Waals surface area contributed by atoms with E-state index in [4.69, 9.17) is 4.74 Å². The van der Waals surface area contributed by atoms with E-state index in [1.54, 1.807) is 39.0 Å². The highest BCUT2D eigenvalue weighted by molar-refractivity contribution is 7.89. The molecule has 0 bridgehead atoms. The molecule has 2 rings (SSSR count). The highest BCUT2D eigenvalue weighted by atomic mass is 32.2. The fraction of sp³-hybridized carbons (Fsp3) is 0.350. The molecule has 0 unspecified atom stereocenters. The molecule has 1 amide bonds. The lowest BCUT2D eigenvalue weighted by atomic mass is 10.2. The number of nitrogens with one attached hydrogen (secondary N) is 2. The van der Waals surface area contributed by atoms with Gasteiger partial charge in [-0.05, 0) is 24.6 Å². The molecule has 31 heavy (non-hydrogen) atoms. The van der Waals surface area contributed by atoms with Gasteiger partial charge in [-0.1, -0.05) is 26.0 Å². The molecule has 0 radical (unpaired) electrons. The van der Waals surface area contributed by atoms with Crippen LogP contribution in [-0.2, 0) is 19.6 Å². The summed E-state index contributed by atoms with van der Waals surface area (Å²) in [5, 5.41) is 7.57. The lowest BCUT2D eigenvalue weighted by Gasteiger charge is -2.20. The number of amides is 1. The molecule has 0 spiro atoms. The van der Waals surface area contributed by atoms with Crippen molar-refractivity contribution in [3.8, 4) is 0 Å². The second-order valence-electron chi connectivity index (χ2n) is 6.40. The third kappa shape index (κ3) is 6.36. The first-order valence-corrected chi connectivity index (χ1v) is 11.9. The summed E-state index contributed by atoms with van der Waals surface area (Å²) in [5.74, 6) is -1.32. The Morgan fingerprint density at radius 2 is 2.00 bits per heavy atom. The molecule has 0 aliphatic rings. The van der Waals surface area contributed by atoms with Crippen molar-refractivity contribution in [1.29, 1.82) is 0 Å². The molecule has 2 N–H and O–H groups in total. The monoisotopic (exact) mass is 466 g/mol. The van der Waals surface area contributed by atoms with Crippen LogP contribution in [0.1, 0.15) is 29.9 Å². The van der Waals surface area contributed by atoms with Gasteiger partial charge in [-0.15, -0.1) is 17.9 Å². The van der Waals surface area contributed by atoms with Crippen LogP contribution in [0.4, 0.5) is 10.8 Å². The molecule has 1 aromatic heterocycles. The highest BCUT2D eigenvalue weighted by Gasteiger charge is 2.24. The van der Waals surface area contributed by atoms with E-state index in [1.165, 1.54) is 27.1 Å². The van der Waals surface area contributed by atoms with E-state index >= 15 is 0 Å². The summed E-state index contributed by atoms with van der Waals surface area (Å²) in [4.78, 5) is 28.5. The molecule has 9 nitrogen and oxygen atoms in total. The normalized spacial score (nSPS) is 11.2. The minimum Gasteiger partial charge on any atom is -0.451 e. The number of anilines is 2. The van der Waals surface area contributed by atoms with E-state index in [2.05, 4.69) is 22.2 Å². The van der Waals surface area contributed by atoms with Gasteiger partial charge in [-0.2, -0.15) is 4.31 Å². The number of thiazole rings is 1. The molecular formula is C20H26N4O5S2. The van der Waals surface area contributed by atoms with Gasteiger partial charge in [-0.25, -0.2) is 18.2 Å². The number of carbonyl (C=O) groups excluding carboxylic acids is 2. The molecular weight excluding hydrogens is 440 g/mol. The first kappa shape index (κ1) is 24.5. The topological polar surface area (TPSA) is 118 Å². The molecule has 2 aromatic rings. The van der Waals surface area contributed by atoms with Gasteiger partial charge < -0.3 is 15.4 Å². The molecule has 168 valence electrons. The van der Waals surface area contributed by atoms with Gasteiger partial charge in [0.15, 0.2) is 17.4 Å². The van der Waals surface area contributed by atoms with Gasteiger partial charge in [0.25, 0.3) is 5.91 Å². The summed E-state index contributed by atoms with van der Waals surface area (Å²) in [6, 6.07) is 4.61. The van der Waals surface area contributed by atoms with Gasteiger partial charge in [0, 0.05) is 30.7 Å². The Balaban J connectivity index is 2.02. The number of esters is 1. The fourth-order valence-corrected chi connectivity index (χ4v) is 5.07. The smallest absolute Gasteiger partial charge is 0.358 e. The number of hydrogen-bond acceptors (Lipinski definition) is 8. The van der Waals surface area contributed by atoms with Gasteiger partial charge in [-0.3, -0.25) is 4.79 Å². The van der Waals surface area contributed by atoms with Crippen LogP contribution in [0.2, 0.25) is 0 Å². The summed E-state index contributed by atoms with van der Waals surface area (Å²) in [6.07, 6.45) is 1.66. The molecule has 0 saturated carbocycles. The number of nitrogens with zero attached hydrogens (tertiary/aromatic N) is 2. The van der Waals surface area contributed by atoms with E-state index < -0.39 is 28.5 Å². The average molecular weight is 467 g/mol. The van der Waals surface area contributed by atoms with Gasteiger partial charge in [0.05, 0.1) is 4.90 Å². The van der Waals surface area contributed by atoms with Crippen LogP contribution in [0.3, 0.4) is 0 Å². The van der Waals surface area contributed by atoms with E-state index in [9.17, 15) is 18.0 Å². The van der Waals surface area contributed by atoms with Gasteiger partial charge >= 0.3 is 5.97 Å². The predicted molar refractivity (Wildman–Crippen MR) is 121 cm³/mol. The lowest BCUT2D eigenvalue weighted by molar-refractivity contribution is -0.119. The second kappa shape index (κ2) is 11.0. The second-order valence-corrected chi connectivity index (χ2v) is 9.17. The van der Waals surface area contributed by atoms with Crippen LogP contribution < -0.4 is 10.6 Å². The number of carbonyl (C=O) groups is 2. The van der Waals surface area contributed by atoms with E-state index in [1.807, 2.05) is 0 Å². The molecule has 0 aliphatic carbocycles. The van der Waals surface area contributed by atoms with Crippen LogP contribution in [0, 0.1) is 6.92 Å². The van der Waals surface area contributed by atoms with Crippen LogP contribution in [0.5, 0.6) is 0 Å². The number of rotatable bonds is 11. The summed E-state index contributed by atoms with van der Waals surface area (Å²) < 4.78 is 32.0. The Labute approximate surface area is 186 Å². The number of sulfonamides is 1. The molecule has 11 heteroatoms. The Bertz CT molecular complexity index is 1050. The van der Waals surface area contributed by atoms with Crippen molar-refractivity contribution >= 4 is 44.1 Å². The van der Waals surface area contributed by atoms with Crippen LogP contribution in [0.25, 0.3) is 0 Å². The van der Waals surface area contributed by atoms with Crippen LogP contribution in [0.15, 0.2) is 41.1 Å². The fourth-order valence-electron chi connectivity index (χ4n) is 2.67. The maximum absolute atomic E-state index is 12.8. The largest absolute Gasteiger partial charge is 0.451 e. The van der Waals surface area contributed by atoms with Crippen molar-refractivity contribution in [2.75, 3.05) is 36.9 Å². The third-order valence-corrected chi connectivity index (χ3v) is 7.23. The van der Waals surface area contributed by atoms with Crippen LogP contribution >= 0.6 is 11.3 Å². The van der Waals surface area contributed by atoms with E-state index in [0.29, 0.717) is 36.0 Å². The Morgan fingerprint density at radius 1 is 1.29 bits per heavy atom. The molecule has 0 fully saturated rings. The van der Waals surface area contributed by atoms with Crippen molar-refractivity contribution in [3.63, 3.8) is 0 Å². The Morgan fingerprint density at radius 3 is 2.65 bits per heavy atom. The van der Waals surface area contributed by atoms with Crippen molar-refractivity contribution in [2.45, 2.75) is 25.7 Å².